The molecule has 2 aromatic heterocycles. The third-order valence-corrected chi connectivity index (χ3v) is 4.39. The summed E-state index contributed by atoms with van der Waals surface area (Å²) in [6, 6.07) is 0. The van der Waals surface area contributed by atoms with E-state index in [0.717, 1.165) is 23.1 Å². The number of hydrogen-bond acceptors (Lipinski definition) is 7. The number of carbonyl (C=O) groups excluding carboxylic acids is 1. The highest BCUT2D eigenvalue weighted by Crippen LogP contribution is 2.25. The van der Waals surface area contributed by atoms with Gasteiger partial charge in [0.1, 0.15) is 0 Å². The lowest BCUT2D eigenvalue weighted by atomic mass is 10.2. The zero-order chi connectivity index (χ0) is 15.4. The molecule has 0 atom stereocenters. The molecule has 0 radical (unpaired) electrons. The summed E-state index contributed by atoms with van der Waals surface area (Å²) in [7, 11) is 1.75. The van der Waals surface area contributed by atoms with Crippen LogP contribution in [0.3, 0.4) is 0 Å². The van der Waals surface area contributed by atoms with E-state index in [9.17, 15) is 9.59 Å². The van der Waals surface area contributed by atoms with Crippen LogP contribution in [0.25, 0.3) is 0 Å². The molecule has 0 aliphatic heterocycles. The summed E-state index contributed by atoms with van der Waals surface area (Å²) < 4.78 is 2.08. The maximum absolute atomic E-state index is 12.2. The molecule has 0 bridgehead atoms. The van der Waals surface area contributed by atoms with Crippen molar-refractivity contribution in [2.45, 2.75) is 17.7 Å². The number of amides is 1. The normalized spacial score (nSPS) is 10.6. The molecule has 8 nitrogen and oxygen atoms in total. The Labute approximate surface area is 128 Å². The Balaban J connectivity index is 2.04. The fraction of sp³-hybridized carbons (Fsp3) is 0.364. The summed E-state index contributed by atoms with van der Waals surface area (Å²) in [4.78, 5) is 22.6. The number of carboxylic acids is 1. The molecule has 0 unspecified atom stereocenters. The summed E-state index contributed by atoms with van der Waals surface area (Å²) in [6.07, 6.45) is 2.30. The van der Waals surface area contributed by atoms with E-state index in [0.29, 0.717) is 27.1 Å². The predicted molar refractivity (Wildman–Crippen MR) is 78.8 cm³/mol. The van der Waals surface area contributed by atoms with E-state index in [4.69, 9.17) is 5.11 Å². The van der Waals surface area contributed by atoms with Gasteiger partial charge in [0, 0.05) is 13.2 Å². The number of carboxylic acid groups (broad SMARTS) is 1. The average Bonchev–Trinajstić information content (AvgIpc) is 3.02. The number of carbonyl (C=O) groups is 2. The standard InChI is InChI=1S/C11H13N5O3S2/c1-3-7-6(4-16(2)15-7)9(19)12-10-13-14-11(21-10)20-5-8(17)18/h4H,3,5H2,1-2H3,(H,17,18)(H,12,13,19). The lowest BCUT2D eigenvalue weighted by Crippen LogP contribution is -2.12. The third kappa shape index (κ3) is 4.02. The van der Waals surface area contributed by atoms with Crippen molar-refractivity contribution in [1.29, 1.82) is 0 Å². The highest BCUT2D eigenvalue weighted by atomic mass is 32.2. The first-order valence-corrected chi connectivity index (χ1v) is 7.81. The van der Waals surface area contributed by atoms with E-state index in [2.05, 4.69) is 20.6 Å². The Morgan fingerprint density at radius 1 is 1.48 bits per heavy atom. The average molecular weight is 327 g/mol. The molecular weight excluding hydrogens is 314 g/mol. The number of nitrogens with zero attached hydrogens (tertiary/aromatic N) is 4. The van der Waals surface area contributed by atoms with E-state index in [1.165, 1.54) is 0 Å². The Bertz CT molecular complexity index is 667. The van der Waals surface area contributed by atoms with Crippen LogP contribution >= 0.6 is 23.1 Å². The van der Waals surface area contributed by atoms with Gasteiger partial charge in [-0.25, -0.2) is 0 Å². The van der Waals surface area contributed by atoms with Gasteiger partial charge in [0.05, 0.1) is 17.0 Å². The van der Waals surface area contributed by atoms with Crippen LogP contribution in [0.2, 0.25) is 0 Å². The minimum Gasteiger partial charge on any atom is -0.481 e. The third-order valence-electron chi connectivity index (χ3n) is 2.43. The summed E-state index contributed by atoms with van der Waals surface area (Å²) in [5, 5.41) is 23.4. The highest BCUT2D eigenvalue weighted by Gasteiger charge is 2.16. The maximum Gasteiger partial charge on any atom is 0.313 e. The number of anilines is 1. The molecule has 0 aliphatic carbocycles. The maximum atomic E-state index is 12.2. The number of aromatic nitrogens is 4. The van der Waals surface area contributed by atoms with E-state index >= 15 is 0 Å². The lowest BCUT2D eigenvalue weighted by Gasteiger charge is -1.99. The summed E-state index contributed by atoms with van der Waals surface area (Å²) in [5.41, 5.74) is 1.20. The topological polar surface area (TPSA) is 110 Å². The van der Waals surface area contributed by atoms with Crippen LogP contribution in [0.5, 0.6) is 0 Å². The van der Waals surface area contributed by atoms with Crippen LogP contribution in [-0.2, 0) is 18.3 Å². The van der Waals surface area contributed by atoms with E-state index in [-0.39, 0.29) is 11.7 Å². The highest BCUT2D eigenvalue weighted by molar-refractivity contribution is 8.01. The lowest BCUT2D eigenvalue weighted by molar-refractivity contribution is -0.133. The van der Waals surface area contributed by atoms with Crippen LogP contribution in [0, 0.1) is 0 Å². The second kappa shape index (κ2) is 6.68. The van der Waals surface area contributed by atoms with Crippen LogP contribution in [0.15, 0.2) is 10.5 Å². The molecule has 2 N–H and O–H groups in total. The van der Waals surface area contributed by atoms with Crippen molar-refractivity contribution in [3.8, 4) is 0 Å². The molecule has 112 valence electrons. The van der Waals surface area contributed by atoms with E-state index < -0.39 is 5.97 Å². The molecule has 1 amide bonds. The zero-order valence-corrected chi connectivity index (χ0v) is 13.0. The molecule has 0 saturated heterocycles. The molecule has 0 spiro atoms. The van der Waals surface area contributed by atoms with Crippen molar-refractivity contribution in [3.05, 3.63) is 17.5 Å². The van der Waals surface area contributed by atoms with Gasteiger partial charge < -0.3 is 5.11 Å². The first kappa shape index (κ1) is 15.4. The van der Waals surface area contributed by atoms with Crippen molar-refractivity contribution < 1.29 is 14.7 Å². The van der Waals surface area contributed by atoms with Gasteiger partial charge in [0.25, 0.3) is 5.91 Å². The van der Waals surface area contributed by atoms with E-state index in [1.54, 1.807) is 17.9 Å². The smallest absolute Gasteiger partial charge is 0.313 e. The second-order valence-corrected chi connectivity index (χ2v) is 6.23. The molecule has 0 aliphatic rings. The second-order valence-electron chi connectivity index (χ2n) is 4.03. The summed E-state index contributed by atoms with van der Waals surface area (Å²) in [6.45, 7) is 1.92. The van der Waals surface area contributed by atoms with Crippen LogP contribution in [0.4, 0.5) is 5.13 Å². The van der Waals surface area contributed by atoms with Crippen molar-refractivity contribution in [3.63, 3.8) is 0 Å². The minimum atomic E-state index is -0.927. The van der Waals surface area contributed by atoms with Crippen LogP contribution in [0.1, 0.15) is 23.0 Å². The largest absolute Gasteiger partial charge is 0.481 e. The number of thioether (sulfide) groups is 1. The van der Waals surface area contributed by atoms with Gasteiger partial charge in [-0.05, 0) is 6.42 Å². The van der Waals surface area contributed by atoms with Crippen molar-refractivity contribution in [2.24, 2.45) is 7.05 Å². The van der Waals surface area contributed by atoms with Gasteiger partial charge >= 0.3 is 5.97 Å². The Hall–Kier alpha value is -1.94. The quantitative estimate of drug-likeness (QED) is 0.607. The fourth-order valence-corrected chi connectivity index (χ4v) is 3.06. The Morgan fingerprint density at radius 3 is 2.90 bits per heavy atom. The monoisotopic (exact) mass is 327 g/mol. The first-order valence-electron chi connectivity index (χ1n) is 6.01. The number of rotatable bonds is 6. The van der Waals surface area contributed by atoms with E-state index in [1.807, 2.05) is 6.92 Å². The van der Waals surface area contributed by atoms with Crippen LogP contribution < -0.4 is 5.32 Å². The fourth-order valence-electron chi connectivity index (χ4n) is 1.59. The molecule has 0 fully saturated rings. The first-order chi connectivity index (χ1) is 9.99. The van der Waals surface area contributed by atoms with Gasteiger partial charge in [-0.15, -0.1) is 10.2 Å². The van der Waals surface area contributed by atoms with Gasteiger partial charge in [-0.3, -0.25) is 19.6 Å². The minimum absolute atomic E-state index is 0.0921. The molecule has 10 heteroatoms. The summed E-state index contributed by atoms with van der Waals surface area (Å²) >= 11 is 2.20. The predicted octanol–water partition coefficient (Wildman–Crippen LogP) is 1.26. The number of aryl methyl sites for hydroxylation is 2. The van der Waals surface area contributed by atoms with Gasteiger partial charge in [0.15, 0.2) is 4.34 Å². The van der Waals surface area contributed by atoms with Crippen molar-refractivity contribution >= 4 is 40.1 Å². The van der Waals surface area contributed by atoms with Crippen LogP contribution in [-0.4, -0.2) is 42.7 Å². The summed E-state index contributed by atoms with van der Waals surface area (Å²) in [5.74, 6) is -1.32. The molecule has 2 aromatic rings. The molecule has 21 heavy (non-hydrogen) atoms. The number of hydrogen-bond donors (Lipinski definition) is 2. The Kier molecular flexibility index (Phi) is 4.91. The molecule has 2 rings (SSSR count). The molecule has 0 saturated carbocycles. The van der Waals surface area contributed by atoms with Gasteiger partial charge in [-0.1, -0.05) is 30.0 Å². The molecule has 0 aromatic carbocycles. The zero-order valence-electron chi connectivity index (χ0n) is 11.4. The molecular formula is C11H13N5O3S2. The van der Waals surface area contributed by atoms with Crippen molar-refractivity contribution in [2.75, 3.05) is 11.1 Å². The number of aliphatic carboxylic acids is 1. The van der Waals surface area contributed by atoms with Gasteiger partial charge in [0.2, 0.25) is 5.13 Å². The molecule has 2 heterocycles. The Morgan fingerprint density at radius 2 is 2.24 bits per heavy atom. The van der Waals surface area contributed by atoms with Gasteiger partial charge in [-0.2, -0.15) is 5.10 Å². The SMILES string of the molecule is CCc1nn(C)cc1C(=O)Nc1nnc(SCC(=O)O)s1. The number of nitrogens with one attached hydrogen (secondary N) is 1. The van der Waals surface area contributed by atoms with Crippen molar-refractivity contribution in [1.82, 2.24) is 20.0 Å².